The fraction of sp³-hybridized carbons (Fsp3) is 0.304. The zero-order chi connectivity index (χ0) is 20.2. The number of hydrogen-bond donors (Lipinski definition) is 2. The maximum Gasteiger partial charge on any atom is 0.248 e. The third-order valence-electron chi connectivity index (χ3n) is 5.41. The molecular formula is C23H25N3O3. The van der Waals surface area contributed by atoms with E-state index in [9.17, 15) is 9.59 Å². The Hall–Kier alpha value is -3.12. The molecule has 0 bridgehead atoms. The van der Waals surface area contributed by atoms with Gasteiger partial charge in [0.05, 0.1) is 12.6 Å². The van der Waals surface area contributed by atoms with Crippen LogP contribution in [-0.2, 0) is 22.6 Å². The van der Waals surface area contributed by atoms with Gasteiger partial charge in [0.15, 0.2) is 0 Å². The topological polar surface area (TPSA) is 84.7 Å². The summed E-state index contributed by atoms with van der Waals surface area (Å²) in [4.78, 5) is 26.0. The molecule has 0 radical (unpaired) electrons. The molecule has 0 aromatic heterocycles. The summed E-state index contributed by atoms with van der Waals surface area (Å²) in [5.74, 6) is 0.477. The molecule has 1 atom stereocenters. The second-order valence-electron chi connectivity index (χ2n) is 7.52. The summed E-state index contributed by atoms with van der Waals surface area (Å²) in [5.41, 5.74) is 9.42. The van der Waals surface area contributed by atoms with E-state index in [4.69, 9.17) is 10.5 Å². The van der Waals surface area contributed by atoms with Crippen LogP contribution in [0, 0.1) is 0 Å². The van der Waals surface area contributed by atoms with E-state index in [0.29, 0.717) is 6.54 Å². The minimum Gasteiger partial charge on any atom is -0.493 e. The smallest absolute Gasteiger partial charge is 0.248 e. The molecular weight excluding hydrogens is 366 g/mol. The number of nitrogens with one attached hydrogen (secondary N) is 1. The average Bonchev–Trinajstić information content (AvgIpc) is 3.35. The molecule has 2 amide bonds. The normalized spacial score (nSPS) is 18.6. The molecule has 2 heterocycles. The third-order valence-corrected chi connectivity index (χ3v) is 5.41. The highest BCUT2D eigenvalue weighted by atomic mass is 16.5. The summed E-state index contributed by atoms with van der Waals surface area (Å²) in [6, 6.07) is 13.4. The first-order valence-electron chi connectivity index (χ1n) is 9.95. The molecule has 2 aliphatic heterocycles. The Morgan fingerprint density at radius 2 is 2.14 bits per heavy atom. The van der Waals surface area contributed by atoms with Gasteiger partial charge in [-0.25, -0.2) is 0 Å². The lowest BCUT2D eigenvalue weighted by Crippen LogP contribution is -2.39. The minimum absolute atomic E-state index is 0.185. The molecule has 3 N–H and O–H groups in total. The molecule has 6 heteroatoms. The number of amides is 2. The summed E-state index contributed by atoms with van der Waals surface area (Å²) < 4.78 is 5.50. The van der Waals surface area contributed by atoms with Gasteiger partial charge >= 0.3 is 0 Å². The zero-order valence-corrected chi connectivity index (χ0v) is 16.3. The maximum absolute atomic E-state index is 12.3. The number of primary amides is 1. The first-order valence-corrected chi connectivity index (χ1v) is 9.95. The molecule has 0 aliphatic carbocycles. The van der Waals surface area contributed by atoms with Crippen LogP contribution in [-0.4, -0.2) is 35.9 Å². The van der Waals surface area contributed by atoms with Crippen LogP contribution in [0.5, 0.6) is 5.75 Å². The number of anilines is 1. The molecule has 2 aromatic carbocycles. The third kappa shape index (κ3) is 4.66. The SMILES string of the molecule is NC(=O)C1CCCN1Cc1cccc(NC(=O)/C=C/c2ccc3c(c2)CCO3)c1. The highest BCUT2D eigenvalue weighted by molar-refractivity contribution is 6.02. The second-order valence-corrected chi connectivity index (χ2v) is 7.52. The number of carbonyl (C=O) groups is 2. The summed E-state index contributed by atoms with van der Waals surface area (Å²) in [5, 5.41) is 2.90. The van der Waals surface area contributed by atoms with Crippen molar-refractivity contribution in [3.8, 4) is 5.75 Å². The molecule has 29 heavy (non-hydrogen) atoms. The van der Waals surface area contributed by atoms with Gasteiger partial charge in [-0.1, -0.05) is 18.2 Å². The van der Waals surface area contributed by atoms with Crippen LogP contribution in [0.1, 0.15) is 29.5 Å². The van der Waals surface area contributed by atoms with Crippen LogP contribution < -0.4 is 15.8 Å². The highest BCUT2D eigenvalue weighted by Gasteiger charge is 2.28. The second kappa shape index (κ2) is 8.49. The van der Waals surface area contributed by atoms with Crippen molar-refractivity contribution >= 4 is 23.6 Å². The number of ether oxygens (including phenoxy) is 1. The number of nitrogens with two attached hydrogens (primary N) is 1. The van der Waals surface area contributed by atoms with Crippen molar-refractivity contribution in [3.05, 3.63) is 65.2 Å². The van der Waals surface area contributed by atoms with Crippen LogP contribution in [0.15, 0.2) is 48.5 Å². The largest absolute Gasteiger partial charge is 0.493 e. The van der Waals surface area contributed by atoms with E-state index in [-0.39, 0.29) is 17.9 Å². The van der Waals surface area contributed by atoms with Crippen LogP contribution in [0.4, 0.5) is 5.69 Å². The Bertz CT molecular complexity index is 954. The highest BCUT2D eigenvalue weighted by Crippen LogP contribution is 2.26. The molecule has 1 unspecified atom stereocenters. The van der Waals surface area contributed by atoms with Gasteiger partial charge in [0.25, 0.3) is 0 Å². The fourth-order valence-corrected chi connectivity index (χ4v) is 3.99. The number of hydrogen-bond acceptors (Lipinski definition) is 4. The Morgan fingerprint density at radius 3 is 3.00 bits per heavy atom. The van der Waals surface area contributed by atoms with Gasteiger partial charge in [0.1, 0.15) is 5.75 Å². The van der Waals surface area contributed by atoms with Gasteiger partial charge < -0.3 is 15.8 Å². The summed E-state index contributed by atoms with van der Waals surface area (Å²) in [6.07, 6.45) is 6.03. The Morgan fingerprint density at radius 1 is 1.24 bits per heavy atom. The van der Waals surface area contributed by atoms with Gasteiger partial charge in [-0.15, -0.1) is 0 Å². The molecule has 6 nitrogen and oxygen atoms in total. The van der Waals surface area contributed by atoms with E-state index in [2.05, 4.69) is 16.3 Å². The first kappa shape index (κ1) is 19.2. The Labute approximate surface area is 170 Å². The van der Waals surface area contributed by atoms with Crippen LogP contribution in [0.3, 0.4) is 0 Å². The molecule has 4 rings (SSSR count). The quantitative estimate of drug-likeness (QED) is 0.742. The fourth-order valence-electron chi connectivity index (χ4n) is 3.99. The standard InChI is InChI=1S/C23H25N3O3/c24-23(28)20-5-2-11-26(20)15-17-3-1-4-19(14-17)25-22(27)9-7-16-6-8-21-18(13-16)10-12-29-21/h1,3-4,6-9,13-14,20H,2,5,10-12,15H2,(H2,24,28)(H,25,27)/b9-7+. The number of benzene rings is 2. The van der Waals surface area contributed by atoms with Crippen molar-refractivity contribution in [1.82, 2.24) is 4.90 Å². The number of carbonyl (C=O) groups excluding carboxylic acids is 2. The van der Waals surface area contributed by atoms with E-state index in [1.54, 1.807) is 6.08 Å². The van der Waals surface area contributed by atoms with Crippen molar-refractivity contribution in [3.63, 3.8) is 0 Å². The lowest BCUT2D eigenvalue weighted by Gasteiger charge is -2.22. The van der Waals surface area contributed by atoms with Gasteiger partial charge in [-0.05, 0) is 66.4 Å². The lowest BCUT2D eigenvalue weighted by molar-refractivity contribution is -0.122. The van der Waals surface area contributed by atoms with E-state index in [0.717, 1.165) is 55.0 Å². The van der Waals surface area contributed by atoms with Crippen molar-refractivity contribution in [2.45, 2.75) is 31.8 Å². The predicted molar refractivity (Wildman–Crippen MR) is 112 cm³/mol. The monoisotopic (exact) mass is 391 g/mol. The van der Waals surface area contributed by atoms with E-state index in [1.165, 1.54) is 11.6 Å². The number of rotatable bonds is 6. The van der Waals surface area contributed by atoms with Gasteiger partial charge in [-0.2, -0.15) is 0 Å². The lowest BCUT2D eigenvalue weighted by atomic mass is 10.1. The van der Waals surface area contributed by atoms with Crippen molar-refractivity contribution in [1.29, 1.82) is 0 Å². The van der Waals surface area contributed by atoms with Crippen LogP contribution in [0.2, 0.25) is 0 Å². The molecule has 2 aliphatic rings. The van der Waals surface area contributed by atoms with Crippen molar-refractivity contribution in [2.24, 2.45) is 5.73 Å². The van der Waals surface area contributed by atoms with E-state index in [1.807, 2.05) is 36.4 Å². The molecule has 1 fully saturated rings. The van der Waals surface area contributed by atoms with Crippen LogP contribution in [0.25, 0.3) is 6.08 Å². The number of fused-ring (bicyclic) bond motifs is 1. The summed E-state index contributed by atoms with van der Waals surface area (Å²) in [6.45, 7) is 2.22. The molecule has 0 spiro atoms. The van der Waals surface area contributed by atoms with Gasteiger partial charge in [0.2, 0.25) is 11.8 Å². The molecule has 0 saturated carbocycles. The van der Waals surface area contributed by atoms with E-state index < -0.39 is 0 Å². The van der Waals surface area contributed by atoms with Gasteiger partial charge in [-0.3, -0.25) is 14.5 Å². The summed E-state index contributed by atoms with van der Waals surface area (Å²) >= 11 is 0. The van der Waals surface area contributed by atoms with E-state index >= 15 is 0 Å². The Balaban J connectivity index is 1.37. The zero-order valence-electron chi connectivity index (χ0n) is 16.3. The van der Waals surface area contributed by atoms with Crippen molar-refractivity contribution in [2.75, 3.05) is 18.5 Å². The Kier molecular flexibility index (Phi) is 5.62. The molecule has 150 valence electrons. The van der Waals surface area contributed by atoms with Crippen LogP contribution >= 0.6 is 0 Å². The maximum atomic E-state index is 12.3. The average molecular weight is 391 g/mol. The number of nitrogens with zero attached hydrogens (tertiary/aromatic N) is 1. The summed E-state index contributed by atoms with van der Waals surface area (Å²) in [7, 11) is 0. The molecule has 1 saturated heterocycles. The minimum atomic E-state index is -0.268. The van der Waals surface area contributed by atoms with Crippen molar-refractivity contribution < 1.29 is 14.3 Å². The number of likely N-dealkylation sites (tertiary alicyclic amines) is 1. The molecule has 2 aromatic rings. The predicted octanol–water partition coefficient (Wildman–Crippen LogP) is 2.72. The van der Waals surface area contributed by atoms with Gasteiger partial charge in [0, 0.05) is 24.7 Å². The first-order chi connectivity index (χ1) is 14.1.